The number of hydrogen-bond donors (Lipinski definition) is 1. The van der Waals surface area contributed by atoms with Crippen molar-refractivity contribution in [3.8, 4) is 0 Å². The van der Waals surface area contributed by atoms with Gasteiger partial charge in [0.1, 0.15) is 0 Å². The third kappa shape index (κ3) is 2.08. The van der Waals surface area contributed by atoms with E-state index in [1.807, 2.05) is 7.05 Å². The SMILES string of the molecule is CN(CC1CC1)c1ncc(N)cn1. The Morgan fingerprint density at radius 3 is 2.62 bits per heavy atom. The number of nitrogens with zero attached hydrogens (tertiary/aromatic N) is 3. The summed E-state index contributed by atoms with van der Waals surface area (Å²) in [6.45, 7) is 1.06. The van der Waals surface area contributed by atoms with Crippen LogP contribution in [-0.2, 0) is 0 Å². The van der Waals surface area contributed by atoms with Crippen LogP contribution in [0.4, 0.5) is 11.6 Å². The Balaban J connectivity index is 2.01. The van der Waals surface area contributed by atoms with Gasteiger partial charge in [-0.1, -0.05) is 0 Å². The van der Waals surface area contributed by atoms with E-state index < -0.39 is 0 Å². The Hall–Kier alpha value is -1.32. The quantitative estimate of drug-likeness (QED) is 0.747. The lowest BCUT2D eigenvalue weighted by Crippen LogP contribution is -2.22. The van der Waals surface area contributed by atoms with Crippen molar-refractivity contribution in [3.63, 3.8) is 0 Å². The van der Waals surface area contributed by atoms with Crippen LogP contribution < -0.4 is 10.6 Å². The second kappa shape index (κ2) is 3.20. The van der Waals surface area contributed by atoms with Crippen molar-refractivity contribution in [3.05, 3.63) is 12.4 Å². The fourth-order valence-corrected chi connectivity index (χ4v) is 1.30. The summed E-state index contributed by atoms with van der Waals surface area (Å²) in [5, 5.41) is 0. The summed E-state index contributed by atoms with van der Waals surface area (Å²) in [5.41, 5.74) is 6.11. The molecule has 2 N–H and O–H groups in total. The van der Waals surface area contributed by atoms with E-state index in [-0.39, 0.29) is 0 Å². The third-order valence-electron chi connectivity index (χ3n) is 2.23. The number of hydrogen-bond acceptors (Lipinski definition) is 4. The molecular formula is C9H14N4. The van der Waals surface area contributed by atoms with Crippen molar-refractivity contribution in [2.45, 2.75) is 12.8 Å². The van der Waals surface area contributed by atoms with Gasteiger partial charge < -0.3 is 10.6 Å². The first-order valence-corrected chi connectivity index (χ1v) is 4.54. The molecule has 1 heterocycles. The molecule has 1 aromatic rings. The zero-order valence-electron chi connectivity index (χ0n) is 7.77. The molecule has 1 saturated carbocycles. The molecule has 0 spiro atoms. The highest BCUT2D eigenvalue weighted by Gasteiger charge is 2.23. The number of nitrogen functional groups attached to an aromatic ring is 1. The van der Waals surface area contributed by atoms with E-state index in [9.17, 15) is 0 Å². The van der Waals surface area contributed by atoms with E-state index in [1.54, 1.807) is 12.4 Å². The van der Waals surface area contributed by atoms with Crippen LogP contribution in [0, 0.1) is 5.92 Å². The Bertz CT molecular complexity index is 278. The van der Waals surface area contributed by atoms with Gasteiger partial charge in [0.25, 0.3) is 0 Å². The first-order chi connectivity index (χ1) is 6.25. The predicted molar refractivity (Wildman–Crippen MR) is 52.4 cm³/mol. The average molecular weight is 178 g/mol. The van der Waals surface area contributed by atoms with Crippen LogP contribution in [0.2, 0.25) is 0 Å². The van der Waals surface area contributed by atoms with Gasteiger partial charge in [-0.25, -0.2) is 9.97 Å². The van der Waals surface area contributed by atoms with Crippen molar-refractivity contribution in [2.75, 3.05) is 24.2 Å². The fraction of sp³-hybridized carbons (Fsp3) is 0.556. The standard InChI is InChI=1S/C9H14N4/c1-13(6-7-2-3-7)9-11-4-8(10)5-12-9/h4-5,7H,2-3,6,10H2,1H3. The summed E-state index contributed by atoms with van der Waals surface area (Å²) in [5.74, 6) is 1.62. The third-order valence-corrected chi connectivity index (χ3v) is 2.23. The van der Waals surface area contributed by atoms with Crippen LogP contribution in [0.15, 0.2) is 12.4 Å². The maximum atomic E-state index is 5.50. The van der Waals surface area contributed by atoms with Gasteiger partial charge in [-0.3, -0.25) is 0 Å². The first-order valence-electron chi connectivity index (χ1n) is 4.54. The maximum Gasteiger partial charge on any atom is 0.225 e. The molecule has 0 radical (unpaired) electrons. The zero-order chi connectivity index (χ0) is 9.26. The average Bonchev–Trinajstić information content (AvgIpc) is 2.89. The fourth-order valence-electron chi connectivity index (χ4n) is 1.30. The van der Waals surface area contributed by atoms with Gasteiger partial charge in [-0.05, 0) is 18.8 Å². The van der Waals surface area contributed by atoms with Gasteiger partial charge in [0.2, 0.25) is 5.95 Å². The Kier molecular flexibility index (Phi) is 2.04. The number of aromatic nitrogens is 2. The van der Waals surface area contributed by atoms with Gasteiger partial charge >= 0.3 is 0 Å². The Morgan fingerprint density at radius 1 is 1.46 bits per heavy atom. The number of nitrogens with two attached hydrogens (primary N) is 1. The molecule has 13 heavy (non-hydrogen) atoms. The maximum absolute atomic E-state index is 5.50. The van der Waals surface area contributed by atoms with E-state index in [1.165, 1.54) is 12.8 Å². The summed E-state index contributed by atoms with van der Waals surface area (Å²) in [6.07, 6.45) is 5.98. The minimum Gasteiger partial charge on any atom is -0.396 e. The first kappa shape index (κ1) is 8.29. The van der Waals surface area contributed by atoms with Crippen molar-refractivity contribution >= 4 is 11.6 Å². The molecule has 0 amide bonds. The van der Waals surface area contributed by atoms with Gasteiger partial charge in [0, 0.05) is 13.6 Å². The molecule has 0 atom stereocenters. The molecule has 1 aliphatic carbocycles. The van der Waals surface area contributed by atoms with Gasteiger partial charge in [0.05, 0.1) is 18.1 Å². The molecule has 1 aromatic heterocycles. The van der Waals surface area contributed by atoms with E-state index in [0.717, 1.165) is 18.4 Å². The van der Waals surface area contributed by atoms with Gasteiger partial charge in [0.15, 0.2) is 0 Å². The molecule has 1 aliphatic rings. The number of rotatable bonds is 3. The van der Waals surface area contributed by atoms with E-state index in [2.05, 4.69) is 14.9 Å². The summed E-state index contributed by atoms with van der Waals surface area (Å²) < 4.78 is 0. The lowest BCUT2D eigenvalue weighted by molar-refractivity contribution is 0.764. The van der Waals surface area contributed by atoms with Crippen molar-refractivity contribution < 1.29 is 0 Å². The van der Waals surface area contributed by atoms with Gasteiger partial charge in [-0.2, -0.15) is 0 Å². The van der Waals surface area contributed by atoms with E-state index in [4.69, 9.17) is 5.73 Å². The highest BCUT2D eigenvalue weighted by molar-refractivity contribution is 5.37. The summed E-state index contributed by atoms with van der Waals surface area (Å²) in [7, 11) is 2.02. The number of anilines is 2. The normalized spacial score (nSPS) is 15.8. The molecule has 0 bridgehead atoms. The summed E-state index contributed by atoms with van der Waals surface area (Å²) in [6, 6.07) is 0. The van der Waals surface area contributed by atoms with Crippen LogP contribution >= 0.6 is 0 Å². The predicted octanol–water partition coefficient (Wildman–Crippen LogP) is 0.905. The second-order valence-corrected chi connectivity index (χ2v) is 3.64. The minimum absolute atomic E-state index is 0.614. The topological polar surface area (TPSA) is 55.0 Å². The van der Waals surface area contributed by atoms with Crippen LogP contribution in [-0.4, -0.2) is 23.6 Å². The summed E-state index contributed by atoms with van der Waals surface area (Å²) >= 11 is 0. The molecule has 1 fully saturated rings. The van der Waals surface area contributed by atoms with E-state index in [0.29, 0.717) is 5.69 Å². The molecule has 0 aromatic carbocycles. The molecular weight excluding hydrogens is 164 g/mol. The van der Waals surface area contributed by atoms with Crippen LogP contribution in [0.5, 0.6) is 0 Å². The minimum atomic E-state index is 0.614. The van der Waals surface area contributed by atoms with Crippen LogP contribution in [0.3, 0.4) is 0 Å². The van der Waals surface area contributed by atoms with Crippen molar-refractivity contribution in [2.24, 2.45) is 5.92 Å². The largest absolute Gasteiger partial charge is 0.396 e. The second-order valence-electron chi connectivity index (χ2n) is 3.64. The van der Waals surface area contributed by atoms with Crippen molar-refractivity contribution in [1.29, 1.82) is 0 Å². The zero-order valence-corrected chi connectivity index (χ0v) is 7.77. The lowest BCUT2D eigenvalue weighted by Gasteiger charge is -2.15. The lowest BCUT2D eigenvalue weighted by atomic mass is 10.4. The van der Waals surface area contributed by atoms with Gasteiger partial charge in [-0.15, -0.1) is 0 Å². The highest BCUT2D eigenvalue weighted by Crippen LogP contribution is 2.29. The molecule has 2 rings (SSSR count). The monoisotopic (exact) mass is 178 g/mol. The molecule has 4 heteroatoms. The molecule has 4 nitrogen and oxygen atoms in total. The van der Waals surface area contributed by atoms with Crippen molar-refractivity contribution in [1.82, 2.24) is 9.97 Å². The van der Waals surface area contributed by atoms with E-state index >= 15 is 0 Å². The molecule has 0 unspecified atom stereocenters. The Labute approximate surface area is 77.8 Å². The van der Waals surface area contributed by atoms with Crippen LogP contribution in [0.25, 0.3) is 0 Å². The molecule has 0 saturated heterocycles. The molecule has 70 valence electrons. The Morgan fingerprint density at radius 2 is 2.08 bits per heavy atom. The smallest absolute Gasteiger partial charge is 0.225 e. The summed E-state index contributed by atoms with van der Waals surface area (Å²) in [4.78, 5) is 10.4. The van der Waals surface area contributed by atoms with Crippen LogP contribution in [0.1, 0.15) is 12.8 Å². The highest BCUT2D eigenvalue weighted by atomic mass is 15.2. The molecule has 0 aliphatic heterocycles.